The number of nitrogens with zero attached hydrogens (tertiary/aromatic N) is 1. The van der Waals surface area contributed by atoms with E-state index in [4.69, 9.17) is 0 Å². The highest BCUT2D eigenvalue weighted by molar-refractivity contribution is 8.00. The Bertz CT molecular complexity index is 777. The molecule has 2 aromatic carbocycles. The van der Waals surface area contributed by atoms with Crippen LogP contribution in [0.4, 0.5) is 0 Å². The van der Waals surface area contributed by atoms with Crippen molar-refractivity contribution in [3.8, 4) is 0 Å². The Balaban J connectivity index is 2.45. The lowest BCUT2D eigenvalue weighted by Gasteiger charge is -2.07. The Hall–Kier alpha value is -1.72. The quantitative estimate of drug-likeness (QED) is 0.773. The molecule has 0 aromatic heterocycles. The van der Waals surface area contributed by atoms with E-state index in [0.717, 1.165) is 10.5 Å². The van der Waals surface area contributed by atoms with E-state index in [-0.39, 0.29) is 4.90 Å². The molecule has 0 heterocycles. The topological polar surface area (TPSA) is 46.5 Å². The minimum Gasteiger partial charge on any atom is -0.199 e. The van der Waals surface area contributed by atoms with Gasteiger partial charge in [-0.3, -0.25) is 0 Å². The van der Waals surface area contributed by atoms with Gasteiger partial charge in [0.15, 0.2) is 0 Å². The molecule has 1 atom stereocenters. The molecule has 0 N–H and O–H groups in total. The molecule has 0 aliphatic carbocycles. The molecule has 2 aromatic rings. The first-order valence-electron chi connectivity index (χ1n) is 6.95. The van der Waals surface area contributed by atoms with Gasteiger partial charge in [-0.05, 0) is 48.8 Å². The van der Waals surface area contributed by atoms with Crippen LogP contribution in [0.2, 0.25) is 0 Å². The highest BCUT2D eigenvalue weighted by Crippen LogP contribution is 2.18. The van der Waals surface area contributed by atoms with Gasteiger partial charge in [-0.1, -0.05) is 48.0 Å². The smallest absolute Gasteiger partial charge is 0.199 e. The van der Waals surface area contributed by atoms with E-state index in [1.54, 1.807) is 24.3 Å². The maximum atomic E-state index is 12.5. The van der Waals surface area contributed by atoms with Gasteiger partial charge in [-0.15, -0.1) is 3.77 Å². The zero-order valence-corrected chi connectivity index (χ0v) is 14.3. The first kappa shape index (κ1) is 16.6. The number of benzene rings is 2. The van der Waals surface area contributed by atoms with E-state index >= 15 is 0 Å². The molecule has 0 bridgehead atoms. The van der Waals surface area contributed by atoms with E-state index in [1.165, 1.54) is 0 Å². The summed E-state index contributed by atoms with van der Waals surface area (Å²) in [6, 6.07) is 16.3. The summed E-state index contributed by atoms with van der Waals surface area (Å²) in [5.74, 6) is 0.589. The van der Waals surface area contributed by atoms with Crippen molar-refractivity contribution >= 4 is 20.7 Å². The van der Waals surface area contributed by atoms with Gasteiger partial charge in [-0.25, -0.2) is 0 Å². The van der Waals surface area contributed by atoms with E-state index in [2.05, 4.69) is 3.77 Å². The largest absolute Gasteiger partial charge is 0.288 e. The van der Waals surface area contributed by atoms with Crippen LogP contribution in [0.25, 0.3) is 0 Å². The van der Waals surface area contributed by atoms with Crippen molar-refractivity contribution in [2.24, 2.45) is 3.77 Å². The van der Waals surface area contributed by atoms with E-state index in [0.29, 0.717) is 5.75 Å². The molecule has 0 saturated heterocycles. The van der Waals surface area contributed by atoms with Crippen molar-refractivity contribution in [2.75, 3.05) is 5.75 Å². The van der Waals surface area contributed by atoms with Crippen LogP contribution in [0.1, 0.15) is 12.5 Å². The summed E-state index contributed by atoms with van der Waals surface area (Å²) in [6.07, 6.45) is 3.86. The number of aryl methyl sites for hydroxylation is 1. The van der Waals surface area contributed by atoms with Crippen LogP contribution in [-0.2, 0) is 20.7 Å². The van der Waals surface area contributed by atoms with Crippen molar-refractivity contribution in [1.82, 2.24) is 0 Å². The maximum Gasteiger partial charge on any atom is 0.288 e. The fourth-order valence-corrected chi connectivity index (χ4v) is 5.20. The van der Waals surface area contributed by atoms with Crippen LogP contribution in [0.5, 0.6) is 0 Å². The van der Waals surface area contributed by atoms with Crippen molar-refractivity contribution in [3.63, 3.8) is 0 Å². The first-order chi connectivity index (χ1) is 10.5. The van der Waals surface area contributed by atoms with Gasteiger partial charge < -0.3 is 0 Å². The van der Waals surface area contributed by atoms with Gasteiger partial charge in [0.05, 0.1) is 4.90 Å². The number of rotatable bonds is 5. The van der Waals surface area contributed by atoms with E-state index in [1.807, 2.05) is 56.3 Å². The monoisotopic (exact) mass is 333 g/mol. The molecule has 116 valence electrons. The first-order valence-corrected chi connectivity index (χ1v) is 9.74. The second-order valence-corrected chi connectivity index (χ2v) is 8.33. The van der Waals surface area contributed by atoms with Gasteiger partial charge in [0, 0.05) is 10.6 Å². The van der Waals surface area contributed by atoms with Crippen molar-refractivity contribution in [1.29, 1.82) is 0 Å². The molecule has 0 saturated carbocycles. The van der Waals surface area contributed by atoms with Gasteiger partial charge in [-0.2, -0.15) is 8.42 Å². The number of allylic oxidation sites excluding steroid dienone is 1. The lowest BCUT2D eigenvalue weighted by Crippen LogP contribution is -2.03. The van der Waals surface area contributed by atoms with Crippen LogP contribution in [0.15, 0.2) is 80.3 Å². The van der Waals surface area contributed by atoms with Crippen LogP contribution in [-0.4, -0.2) is 14.2 Å². The fourth-order valence-electron chi connectivity index (χ4n) is 1.81. The van der Waals surface area contributed by atoms with Crippen LogP contribution in [0.3, 0.4) is 0 Å². The molecule has 5 heteroatoms. The molecular formula is C17H19NO2S2. The summed E-state index contributed by atoms with van der Waals surface area (Å²) < 4.78 is 29.2. The molecule has 2 rings (SSSR count). The van der Waals surface area contributed by atoms with Crippen LogP contribution < -0.4 is 0 Å². The summed E-state index contributed by atoms with van der Waals surface area (Å²) in [5, 5.41) is 0. The molecule has 22 heavy (non-hydrogen) atoms. The zero-order valence-electron chi connectivity index (χ0n) is 12.6. The van der Waals surface area contributed by atoms with Gasteiger partial charge in [0.25, 0.3) is 10.0 Å². The standard InChI is InChI=1S/C17H19NO2S2/c1-3-4-14-21(16-8-6-5-7-9-16)18-22(19,20)17-12-10-15(2)11-13-17/h3-13H,14H2,1-2H3/b4-3+/t21-/m1/s1. The molecule has 0 aliphatic rings. The van der Waals surface area contributed by atoms with Crippen molar-refractivity contribution in [2.45, 2.75) is 23.6 Å². The van der Waals surface area contributed by atoms with Crippen molar-refractivity contribution in [3.05, 3.63) is 72.3 Å². The average Bonchev–Trinajstić information content (AvgIpc) is 2.52. The Morgan fingerprint density at radius 2 is 1.68 bits per heavy atom. The van der Waals surface area contributed by atoms with E-state index < -0.39 is 20.7 Å². The third-order valence-electron chi connectivity index (χ3n) is 3.01. The highest BCUT2D eigenvalue weighted by atomic mass is 32.3. The molecule has 0 aliphatic heterocycles. The Kier molecular flexibility index (Phi) is 5.69. The minimum atomic E-state index is -3.65. The van der Waals surface area contributed by atoms with Crippen molar-refractivity contribution < 1.29 is 8.42 Å². The molecular weight excluding hydrogens is 314 g/mol. The van der Waals surface area contributed by atoms with Crippen LogP contribution >= 0.6 is 0 Å². The Morgan fingerprint density at radius 1 is 1.05 bits per heavy atom. The van der Waals surface area contributed by atoms with Gasteiger partial charge in [0.1, 0.15) is 0 Å². The summed E-state index contributed by atoms with van der Waals surface area (Å²) in [5.41, 5.74) is 1.02. The summed E-state index contributed by atoms with van der Waals surface area (Å²) >= 11 is 0. The molecule has 0 amide bonds. The second kappa shape index (κ2) is 7.51. The number of sulfonamides is 1. The SMILES string of the molecule is C/C=C/C[S@@](=NS(=O)(=O)c1ccc(C)cc1)c1ccccc1. The van der Waals surface area contributed by atoms with Crippen LogP contribution in [0, 0.1) is 6.92 Å². The third-order valence-corrected chi connectivity index (χ3v) is 6.71. The summed E-state index contributed by atoms with van der Waals surface area (Å²) in [7, 11) is -4.36. The second-order valence-electron chi connectivity index (χ2n) is 4.78. The average molecular weight is 333 g/mol. The summed E-state index contributed by atoms with van der Waals surface area (Å²) in [4.78, 5) is 1.17. The predicted octanol–water partition coefficient (Wildman–Crippen LogP) is 4.12. The fraction of sp³-hybridized carbons (Fsp3) is 0.176. The summed E-state index contributed by atoms with van der Waals surface area (Å²) in [6.45, 7) is 3.84. The molecule has 0 fully saturated rings. The predicted molar refractivity (Wildman–Crippen MR) is 92.5 cm³/mol. The molecule has 3 nitrogen and oxygen atoms in total. The number of hydrogen-bond donors (Lipinski definition) is 0. The minimum absolute atomic E-state index is 0.243. The van der Waals surface area contributed by atoms with E-state index in [9.17, 15) is 8.42 Å². The molecule has 0 radical (unpaired) electrons. The Morgan fingerprint density at radius 3 is 2.27 bits per heavy atom. The molecule has 0 spiro atoms. The lowest BCUT2D eigenvalue weighted by molar-refractivity contribution is 0.598. The van der Waals surface area contributed by atoms with Gasteiger partial charge in [0.2, 0.25) is 0 Å². The highest BCUT2D eigenvalue weighted by Gasteiger charge is 2.14. The zero-order chi connectivity index (χ0) is 16.0. The normalized spacial score (nSPS) is 13.5. The maximum absolute atomic E-state index is 12.5. The Labute approximate surface area is 134 Å². The third kappa shape index (κ3) is 4.39. The lowest BCUT2D eigenvalue weighted by atomic mass is 10.2. The van der Waals surface area contributed by atoms with Gasteiger partial charge >= 0.3 is 0 Å². The number of hydrogen-bond acceptors (Lipinski definition) is 2. The molecule has 0 unspecified atom stereocenters.